The number of pyridine rings is 1. The average molecular weight is 545 g/mol. The summed E-state index contributed by atoms with van der Waals surface area (Å²) in [5.41, 5.74) is -0.103. The first-order chi connectivity index (χ1) is 13.4. The number of nitrogens with zero attached hydrogens (tertiary/aromatic N) is 3. The molecule has 0 aliphatic carbocycles. The second-order valence-corrected chi connectivity index (χ2v) is 6.42. The van der Waals surface area contributed by atoms with Gasteiger partial charge in [0.05, 0.1) is 19.7 Å². The van der Waals surface area contributed by atoms with Crippen molar-refractivity contribution in [2.45, 2.75) is 26.2 Å². The summed E-state index contributed by atoms with van der Waals surface area (Å²) in [6.07, 6.45) is -2.81. The molecule has 162 valence electrons. The first-order valence-corrected chi connectivity index (χ1v) is 9.41. The summed E-state index contributed by atoms with van der Waals surface area (Å²) in [5.74, 6) is 0.923. The van der Waals surface area contributed by atoms with E-state index in [-0.39, 0.29) is 37.1 Å². The van der Waals surface area contributed by atoms with Crippen molar-refractivity contribution in [1.29, 1.82) is 0 Å². The van der Waals surface area contributed by atoms with Gasteiger partial charge in [0.15, 0.2) is 11.7 Å². The number of ether oxygens (including phenoxy) is 2. The molecule has 0 saturated heterocycles. The van der Waals surface area contributed by atoms with Crippen molar-refractivity contribution in [2.24, 2.45) is 4.99 Å². The van der Waals surface area contributed by atoms with E-state index in [1.807, 2.05) is 13.0 Å². The Bertz CT molecular complexity index is 774. The Hall–Kier alpha value is -1.67. The van der Waals surface area contributed by atoms with Gasteiger partial charge in [-0.15, -0.1) is 35.3 Å². The van der Waals surface area contributed by atoms with Crippen molar-refractivity contribution >= 4 is 41.3 Å². The van der Waals surface area contributed by atoms with Gasteiger partial charge in [0.1, 0.15) is 11.6 Å². The third-order valence-electron chi connectivity index (χ3n) is 3.38. The highest BCUT2D eigenvalue weighted by molar-refractivity contribution is 14.0. The van der Waals surface area contributed by atoms with E-state index in [0.29, 0.717) is 36.6 Å². The molecule has 0 fully saturated rings. The van der Waals surface area contributed by atoms with Crippen molar-refractivity contribution in [2.75, 3.05) is 26.9 Å². The molecule has 7 nitrogen and oxygen atoms in total. The molecular weight excluding hydrogens is 522 g/mol. The Kier molecular flexibility index (Phi) is 11.2. The second-order valence-electron chi connectivity index (χ2n) is 5.48. The van der Waals surface area contributed by atoms with Gasteiger partial charge in [-0.05, 0) is 13.0 Å². The summed E-state index contributed by atoms with van der Waals surface area (Å²) in [6, 6.07) is 3.63. The molecule has 0 spiro atoms. The van der Waals surface area contributed by atoms with Crippen LogP contribution in [0.5, 0.6) is 5.88 Å². The van der Waals surface area contributed by atoms with Gasteiger partial charge in [-0.3, -0.25) is 0 Å². The van der Waals surface area contributed by atoms with Gasteiger partial charge in [-0.1, -0.05) is 6.07 Å². The number of thiazole rings is 1. The smallest absolute Gasteiger partial charge is 0.434 e. The van der Waals surface area contributed by atoms with Gasteiger partial charge in [0.25, 0.3) is 0 Å². The van der Waals surface area contributed by atoms with Crippen molar-refractivity contribution in [3.8, 4) is 5.88 Å². The highest BCUT2D eigenvalue weighted by Gasteiger charge is 2.33. The number of hydrogen-bond acceptors (Lipinski definition) is 6. The van der Waals surface area contributed by atoms with E-state index in [9.17, 15) is 13.2 Å². The molecule has 2 aromatic heterocycles. The van der Waals surface area contributed by atoms with Crippen LogP contribution in [0.3, 0.4) is 0 Å². The molecule has 12 heteroatoms. The van der Waals surface area contributed by atoms with E-state index in [0.717, 1.165) is 22.3 Å². The molecule has 0 aliphatic heterocycles. The number of aromatic nitrogens is 2. The third kappa shape index (κ3) is 8.70. The second kappa shape index (κ2) is 12.8. The zero-order chi connectivity index (χ0) is 20.4. The fraction of sp³-hybridized carbons (Fsp3) is 0.471. The molecule has 0 atom stereocenters. The van der Waals surface area contributed by atoms with Gasteiger partial charge >= 0.3 is 6.18 Å². The van der Waals surface area contributed by atoms with Crippen molar-refractivity contribution < 1.29 is 22.6 Å². The third-order valence-corrected chi connectivity index (χ3v) is 4.23. The number of aliphatic imine (C=N–C) groups is 1. The van der Waals surface area contributed by atoms with Crippen LogP contribution >= 0.6 is 35.3 Å². The van der Waals surface area contributed by atoms with Crippen LogP contribution in [0.25, 0.3) is 0 Å². The van der Waals surface area contributed by atoms with E-state index < -0.39 is 11.9 Å². The van der Waals surface area contributed by atoms with Crippen LogP contribution in [0.4, 0.5) is 13.2 Å². The quantitative estimate of drug-likeness (QED) is 0.218. The molecule has 2 heterocycles. The lowest BCUT2D eigenvalue weighted by molar-refractivity contribution is -0.140. The normalized spacial score (nSPS) is 11.7. The van der Waals surface area contributed by atoms with Crippen LogP contribution in [-0.2, 0) is 24.0 Å². The molecule has 0 radical (unpaired) electrons. The Labute approximate surface area is 188 Å². The largest absolute Gasteiger partial charge is 0.475 e. The lowest BCUT2D eigenvalue weighted by Crippen LogP contribution is -2.36. The van der Waals surface area contributed by atoms with Crippen LogP contribution in [0.15, 0.2) is 28.7 Å². The topological polar surface area (TPSA) is 80.7 Å². The number of halogens is 4. The molecule has 0 unspecified atom stereocenters. The van der Waals surface area contributed by atoms with E-state index >= 15 is 0 Å². The van der Waals surface area contributed by atoms with Crippen LogP contribution < -0.4 is 15.4 Å². The van der Waals surface area contributed by atoms with Gasteiger partial charge in [0, 0.05) is 30.8 Å². The lowest BCUT2D eigenvalue weighted by Gasteiger charge is -2.11. The van der Waals surface area contributed by atoms with Crippen LogP contribution in [-0.4, -0.2) is 42.8 Å². The number of alkyl halides is 3. The van der Waals surface area contributed by atoms with E-state index in [1.165, 1.54) is 0 Å². The minimum absolute atomic E-state index is 0. The van der Waals surface area contributed by atoms with Gasteiger partial charge in [0.2, 0.25) is 5.88 Å². The highest BCUT2D eigenvalue weighted by Crippen LogP contribution is 2.29. The maximum atomic E-state index is 12.6. The number of guanidine groups is 1. The number of rotatable bonds is 9. The summed E-state index contributed by atoms with van der Waals surface area (Å²) in [5, 5.41) is 7.35. The lowest BCUT2D eigenvalue weighted by atomic mass is 10.3. The molecule has 0 bridgehead atoms. The maximum absolute atomic E-state index is 12.6. The summed E-state index contributed by atoms with van der Waals surface area (Å²) in [6.45, 7) is 3.73. The summed E-state index contributed by atoms with van der Waals surface area (Å²) in [7, 11) is 1.58. The molecule has 0 amide bonds. The monoisotopic (exact) mass is 545 g/mol. The molecule has 29 heavy (non-hydrogen) atoms. The van der Waals surface area contributed by atoms with Crippen LogP contribution in [0.1, 0.15) is 23.2 Å². The zero-order valence-electron chi connectivity index (χ0n) is 16.0. The summed E-state index contributed by atoms with van der Waals surface area (Å²) in [4.78, 5) is 12.2. The summed E-state index contributed by atoms with van der Waals surface area (Å²) < 4.78 is 48.4. The standard InChI is InChI=1S/C17H22F3N5O2S.HI/c1-3-21-16(24-10-14-25-13(11-28-14)17(18,19)20)23-9-12-5-4-6-22-15(12)27-8-7-26-2;/h4-6,11H,3,7-10H2,1-2H3,(H2,21,23,24);1H. The van der Waals surface area contributed by atoms with Crippen molar-refractivity contribution in [3.05, 3.63) is 40.0 Å². The van der Waals surface area contributed by atoms with Crippen LogP contribution in [0, 0.1) is 0 Å². The predicted molar refractivity (Wildman–Crippen MR) is 116 cm³/mol. The minimum atomic E-state index is -4.44. The highest BCUT2D eigenvalue weighted by atomic mass is 127. The predicted octanol–water partition coefficient (Wildman–Crippen LogP) is 3.46. The zero-order valence-corrected chi connectivity index (χ0v) is 19.1. The fourth-order valence-electron chi connectivity index (χ4n) is 2.08. The van der Waals surface area contributed by atoms with Crippen molar-refractivity contribution in [1.82, 2.24) is 20.6 Å². The SMILES string of the molecule is CCNC(=NCc1cccnc1OCCOC)NCc1nc(C(F)(F)F)cs1.I. The van der Waals surface area contributed by atoms with E-state index in [4.69, 9.17) is 9.47 Å². The van der Waals surface area contributed by atoms with Crippen molar-refractivity contribution in [3.63, 3.8) is 0 Å². The van der Waals surface area contributed by atoms with Gasteiger partial charge in [-0.25, -0.2) is 15.0 Å². The Morgan fingerprint density at radius 2 is 2.07 bits per heavy atom. The molecule has 0 saturated carbocycles. The minimum Gasteiger partial charge on any atom is -0.475 e. The van der Waals surface area contributed by atoms with E-state index in [1.54, 1.807) is 19.4 Å². The molecule has 2 N–H and O–H groups in total. The summed E-state index contributed by atoms with van der Waals surface area (Å²) >= 11 is 0.946. The average Bonchev–Trinajstić information content (AvgIpc) is 3.15. The van der Waals surface area contributed by atoms with Gasteiger partial charge < -0.3 is 20.1 Å². The Balaban J connectivity index is 0.00000420. The Morgan fingerprint density at radius 3 is 2.72 bits per heavy atom. The number of hydrogen-bond donors (Lipinski definition) is 2. The first-order valence-electron chi connectivity index (χ1n) is 8.53. The fourth-order valence-corrected chi connectivity index (χ4v) is 2.82. The molecule has 2 aromatic rings. The molecular formula is C17H23F3IN5O2S. The maximum Gasteiger partial charge on any atom is 0.434 e. The van der Waals surface area contributed by atoms with E-state index in [2.05, 4.69) is 25.6 Å². The molecule has 0 aromatic carbocycles. The molecule has 0 aliphatic rings. The first kappa shape index (κ1) is 25.4. The van der Waals surface area contributed by atoms with Gasteiger partial charge in [-0.2, -0.15) is 13.2 Å². The number of methoxy groups -OCH3 is 1. The Morgan fingerprint density at radius 1 is 1.28 bits per heavy atom. The van der Waals surface area contributed by atoms with Crippen LogP contribution in [0.2, 0.25) is 0 Å². The molecule has 2 rings (SSSR count). The number of nitrogens with one attached hydrogen (secondary N) is 2.